The van der Waals surface area contributed by atoms with Gasteiger partial charge in [0.15, 0.2) is 6.10 Å². The minimum atomic E-state index is -0.802. The van der Waals surface area contributed by atoms with Crippen molar-refractivity contribution in [2.45, 2.75) is 167 Å². The molecule has 0 aliphatic carbocycles. The smallest absolute Gasteiger partial charge is 0.306 e. The van der Waals surface area contributed by atoms with Gasteiger partial charge >= 0.3 is 11.9 Å². The van der Waals surface area contributed by atoms with E-state index in [1.165, 1.54) is 64.2 Å². The molecule has 6 heteroatoms. The first-order valence-corrected chi connectivity index (χ1v) is 17.8. The van der Waals surface area contributed by atoms with Crippen molar-refractivity contribution in [2.24, 2.45) is 0 Å². The van der Waals surface area contributed by atoms with Gasteiger partial charge in [-0.2, -0.15) is 0 Å². The maximum absolute atomic E-state index is 12.1. The largest absolute Gasteiger partial charge is 0.462 e. The summed E-state index contributed by atoms with van der Waals surface area (Å²) in [5.41, 5.74) is 0. The molecular weight excluding hydrogens is 552 g/mol. The quantitative estimate of drug-likeness (QED) is 0.0348. The van der Waals surface area contributed by atoms with Gasteiger partial charge in [0, 0.05) is 12.8 Å². The third-order valence-electron chi connectivity index (χ3n) is 7.48. The molecule has 0 bridgehead atoms. The Kier molecular flexibility index (Phi) is 32.0. The highest BCUT2D eigenvalue weighted by atomic mass is 16.6. The number of rotatable bonds is 31. The average molecular weight is 619 g/mol. The first kappa shape index (κ1) is 41.8. The molecule has 0 aliphatic heterocycles. The van der Waals surface area contributed by atoms with Crippen LogP contribution in [0.15, 0.2) is 48.6 Å². The van der Waals surface area contributed by atoms with Crippen molar-refractivity contribution in [3.05, 3.63) is 48.6 Å². The summed E-state index contributed by atoms with van der Waals surface area (Å²) in [6, 6.07) is 0. The molecule has 254 valence electrons. The van der Waals surface area contributed by atoms with E-state index in [0.717, 1.165) is 57.8 Å². The van der Waals surface area contributed by atoms with Gasteiger partial charge in [0.1, 0.15) is 6.61 Å². The van der Waals surface area contributed by atoms with Crippen LogP contribution in [0.4, 0.5) is 0 Å². The van der Waals surface area contributed by atoms with Crippen LogP contribution < -0.4 is 0 Å². The molecule has 0 radical (unpaired) electrons. The molecule has 0 aromatic carbocycles. The van der Waals surface area contributed by atoms with Crippen molar-refractivity contribution in [3.63, 3.8) is 0 Å². The fraction of sp³-hybridized carbons (Fsp3) is 0.737. The molecule has 0 rings (SSSR count). The predicted molar refractivity (Wildman–Crippen MR) is 183 cm³/mol. The Labute approximate surface area is 270 Å². The lowest BCUT2D eigenvalue weighted by Crippen LogP contribution is -2.28. The van der Waals surface area contributed by atoms with Crippen LogP contribution in [0.25, 0.3) is 0 Å². The fourth-order valence-electron chi connectivity index (χ4n) is 4.71. The molecule has 0 aliphatic rings. The Morgan fingerprint density at radius 2 is 1.18 bits per heavy atom. The van der Waals surface area contributed by atoms with E-state index in [1.807, 2.05) is 18.2 Å². The van der Waals surface area contributed by atoms with Gasteiger partial charge in [-0.3, -0.25) is 9.59 Å². The summed E-state index contributed by atoms with van der Waals surface area (Å²) in [4.78, 5) is 24.1. The number of esters is 2. The molecule has 6 nitrogen and oxygen atoms in total. The Morgan fingerprint density at radius 3 is 1.82 bits per heavy atom. The molecule has 0 fully saturated rings. The first-order chi connectivity index (χ1) is 21.5. The highest BCUT2D eigenvalue weighted by Gasteiger charge is 2.16. The lowest BCUT2D eigenvalue weighted by molar-refractivity contribution is -0.161. The molecule has 44 heavy (non-hydrogen) atoms. The monoisotopic (exact) mass is 618 g/mol. The van der Waals surface area contributed by atoms with Gasteiger partial charge in [-0.1, -0.05) is 152 Å². The van der Waals surface area contributed by atoms with Crippen molar-refractivity contribution in [2.75, 3.05) is 13.2 Å². The highest BCUT2D eigenvalue weighted by Crippen LogP contribution is 2.13. The van der Waals surface area contributed by atoms with E-state index < -0.39 is 6.10 Å². The molecule has 2 atom stereocenters. The number of unbranched alkanes of at least 4 members (excludes halogenated alkanes) is 14. The summed E-state index contributed by atoms with van der Waals surface area (Å²) in [6.45, 7) is 3.94. The predicted octanol–water partition coefficient (Wildman–Crippen LogP) is 9.64. The zero-order chi connectivity index (χ0) is 32.4. The molecule has 0 heterocycles. The zero-order valence-electron chi connectivity index (χ0n) is 28.3. The highest BCUT2D eigenvalue weighted by molar-refractivity contribution is 5.70. The molecule has 0 aromatic heterocycles. The van der Waals surface area contributed by atoms with E-state index in [0.29, 0.717) is 12.8 Å². The van der Waals surface area contributed by atoms with E-state index in [1.54, 1.807) is 0 Å². The minimum absolute atomic E-state index is 0.107. The number of carbonyl (C=O) groups is 2. The Bertz CT molecular complexity index is 769. The fourth-order valence-corrected chi connectivity index (χ4v) is 4.71. The molecular formula is C38H66O6. The van der Waals surface area contributed by atoms with Crippen molar-refractivity contribution in [1.82, 2.24) is 0 Å². The summed E-state index contributed by atoms with van der Waals surface area (Å²) in [7, 11) is 0. The third kappa shape index (κ3) is 31.3. The maximum Gasteiger partial charge on any atom is 0.306 e. The van der Waals surface area contributed by atoms with Crippen molar-refractivity contribution in [1.29, 1.82) is 0 Å². The Balaban J connectivity index is 3.75. The molecule has 0 spiro atoms. The second kappa shape index (κ2) is 33.7. The number of aliphatic hydroxyl groups excluding tert-OH is 2. The minimum Gasteiger partial charge on any atom is -0.462 e. The standard InChI is InChI=1S/C38H66O6/c1-3-5-7-8-9-10-11-14-18-21-24-28-32-38(42)44-36(33-39)34-43-37(41)31-27-23-20-17-15-12-13-16-19-22-26-30-35(40)29-25-6-4-2/h12-13,17,19-20,22,26,30,35-36,39-40H,3-11,14-16,18,21,23-25,27-29,31-34H2,1-2H3/b13-12-,20-17-,22-19-,30-26+/t35-,36+/m1/s1. The summed E-state index contributed by atoms with van der Waals surface area (Å²) in [5.74, 6) is -0.685. The number of hydrogen-bond acceptors (Lipinski definition) is 6. The normalized spacial score (nSPS) is 13.5. The van der Waals surface area contributed by atoms with E-state index in [4.69, 9.17) is 9.47 Å². The van der Waals surface area contributed by atoms with Crippen molar-refractivity contribution < 1.29 is 29.3 Å². The lowest BCUT2D eigenvalue weighted by atomic mass is 10.0. The molecule has 0 unspecified atom stereocenters. The summed E-state index contributed by atoms with van der Waals surface area (Å²) in [5, 5.41) is 19.3. The van der Waals surface area contributed by atoms with Crippen LogP contribution >= 0.6 is 0 Å². The zero-order valence-corrected chi connectivity index (χ0v) is 28.3. The van der Waals surface area contributed by atoms with Gasteiger partial charge in [-0.25, -0.2) is 0 Å². The van der Waals surface area contributed by atoms with Crippen LogP contribution in [0.5, 0.6) is 0 Å². The number of hydrogen-bond donors (Lipinski definition) is 2. The second-order valence-corrected chi connectivity index (χ2v) is 11.8. The van der Waals surface area contributed by atoms with Crippen LogP contribution in [-0.2, 0) is 19.1 Å². The summed E-state index contributed by atoms with van der Waals surface area (Å²) in [6.07, 6.45) is 37.8. The van der Waals surface area contributed by atoms with Crippen LogP contribution in [0.2, 0.25) is 0 Å². The van der Waals surface area contributed by atoms with Crippen molar-refractivity contribution in [3.8, 4) is 0 Å². The molecule has 0 aromatic rings. The van der Waals surface area contributed by atoms with E-state index in [-0.39, 0.29) is 37.7 Å². The molecule has 0 saturated heterocycles. The number of aliphatic hydroxyl groups is 2. The molecule has 0 saturated carbocycles. The van der Waals surface area contributed by atoms with E-state index in [2.05, 4.69) is 44.2 Å². The van der Waals surface area contributed by atoms with Crippen LogP contribution in [0.3, 0.4) is 0 Å². The van der Waals surface area contributed by atoms with E-state index in [9.17, 15) is 19.8 Å². The summed E-state index contributed by atoms with van der Waals surface area (Å²) >= 11 is 0. The van der Waals surface area contributed by atoms with Crippen molar-refractivity contribution >= 4 is 11.9 Å². The SMILES string of the molecule is CCCCCCCCCCCCCCC(=O)O[C@@H](CO)COC(=O)CCC/C=C\C/C=C\C/C=C\C=C\[C@H](O)CCCCC. The van der Waals surface area contributed by atoms with Gasteiger partial charge in [-0.05, 0) is 38.5 Å². The third-order valence-corrected chi connectivity index (χ3v) is 7.48. The Hall–Kier alpha value is -2.18. The van der Waals surface area contributed by atoms with Crippen LogP contribution in [0.1, 0.15) is 155 Å². The van der Waals surface area contributed by atoms with Gasteiger partial charge in [0.2, 0.25) is 0 Å². The van der Waals surface area contributed by atoms with Gasteiger partial charge in [0.05, 0.1) is 12.7 Å². The first-order valence-electron chi connectivity index (χ1n) is 17.8. The number of ether oxygens (including phenoxy) is 2. The topological polar surface area (TPSA) is 93.1 Å². The Morgan fingerprint density at radius 1 is 0.636 bits per heavy atom. The van der Waals surface area contributed by atoms with Gasteiger partial charge < -0.3 is 19.7 Å². The van der Waals surface area contributed by atoms with Gasteiger partial charge in [-0.15, -0.1) is 0 Å². The lowest BCUT2D eigenvalue weighted by Gasteiger charge is -2.15. The molecule has 2 N–H and O–H groups in total. The van der Waals surface area contributed by atoms with Crippen LogP contribution in [-0.4, -0.2) is 47.6 Å². The average Bonchev–Trinajstić information content (AvgIpc) is 3.02. The maximum atomic E-state index is 12.1. The number of carbonyl (C=O) groups excluding carboxylic acids is 2. The van der Waals surface area contributed by atoms with Gasteiger partial charge in [0.25, 0.3) is 0 Å². The van der Waals surface area contributed by atoms with E-state index >= 15 is 0 Å². The summed E-state index contributed by atoms with van der Waals surface area (Å²) < 4.78 is 10.5. The molecule has 0 amide bonds. The van der Waals surface area contributed by atoms with Crippen LogP contribution in [0, 0.1) is 0 Å². The second-order valence-electron chi connectivity index (χ2n) is 11.8. The number of allylic oxidation sites excluding steroid dienone is 7.